The second-order valence-corrected chi connectivity index (χ2v) is 3.99. The van der Waals surface area contributed by atoms with Crippen LogP contribution in [0, 0.1) is 0 Å². The lowest BCUT2D eigenvalue weighted by molar-refractivity contribution is 0.183. The monoisotopic (exact) mass is 171 g/mol. The number of ether oxygens (including phenoxy) is 1. The summed E-state index contributed by atoms with van der Waals surface area (Å²) in [6.07, 6.45) is 1.22. The number of aliphatic imine (C=N–C) groups is 1. The van der Waals surface area contributed by atoms with Gasteiger partial charge in [-0.1, -0.05) is 0 Å². The Morgan fingerprint density at radius 1 is 1.67 bits per heavy atom. The minimum Gasteiger partial charge on any atom is -0.478 e. The third-order valence-electron chi connectivity index (χ3n) is 1.80. The fraction of sp³-hybridized carbons (Fsp3) is 0.889. The van der Waals surface area contributed by atoms with E-state index in [2.05, 4.69) is 4.99 Å². The highest BCUT2D eigenvalue weighted by molar-refractivity contribution is 5.78. The lowest BCUT2D eigenvalue weighted by atomic mass is 10.1. The van der Waals surface area contributed by atoms with Crippen molar-refractivity contribution in [1.29, 1.82) is 0 Å². The van der Waals surface area contributed by atoms with E-state index < -0.39 is 0 Å². The van der Waals surface area contributed by atoms with Crippen molar-refractivity contribution < 1.29 is 9.84 Å². The topological polar surface area (TPSA) is 41.8 Å². The van der Waals surface area contributed by atoms with Gasteiger partial charge in [0.15, 0.2) is 5.90 Å². The Morgan fingerprint density at radius 2 is 2.33 bits per heavy atom. The minimum atomic E-state index is -0.264. The predicted octanol–water partition coefficient (Wildman–Crippen LogP) is 1.35. The van der Waals surface area contributed by atoms with Crippen molar-refractivity contribution >= 4 is 5.90 Å². The maximum Gasteiger partial charge on any atom is 0.184 e. The third-order valence-corrected chi connectivity index (χ3v) is 1.80. The molecule has 1 aliphatic rings. The Morgan fingerprint density at radius 3 is 2.75 bits per heavy atom. The minimum absolute atomic E-state index is 0.0615. The van der Waals surface area contributed by atoms with Crippen LogP contribution in [0.3, 0.4) is 0 Å². The molecule has 0 radical (unpaired) electrons. The van der Waals surface area contributed by atoms with E-state index in [9.17, 15) is 0 Å². The van der Waals surface area contributed by atoms with Crippen LogP contribution in [0.15, 0.2) is 4.99 Å². The van der Waals surface area contributed by atoms with Crippen molar-refractivity contribution in [3.8, 4) is 0 Å². The lowest BCUT2D eigenvalue weighted by Gasteiger charge is -2.07. The van der Waals surface area contributed by atoms with E-state index in [0.29, 0.717) is 6.61 Å². The normalized spacial score (nSPS) is 23.2. The summed E-state index contributed by atoms with van der Waals surface area (Å²) < 4.78 is 5.36. The van der Waals surface area contributed by atoms with E-state index in [4.69, 9.17) is 9.84 Å². The van der Waals surface area contributed by atoms with Gasteiger partial charge >= 0.3 is 0 Å². The molecule has 0 spiro atoms. The summed E-state index contributed by atoms with van der Waals surface area (Å²) in [6, 6.07) is 0. The molecule has 0 unspecified atom stereocenters. The molecule has 0 aromatic rings. The Hall–Kier alpha value is -0.570. The van der Waals surface area contributed by atoms with Crippen molar-refractivity contribution in [1.82, 2.24) is 0 Å². The molecular weight excluding hydrogens is 154 g/mol. The van der Waals surface area contributed by atoms with Crippen LogP contribution >= 0.6 is 0 Å². The molecule has 3 nitrogen and oxygen atoms in total. The molecule has 12 heavy (non-hydrogen) atoms. The highest BCUT2D eigenvalue weighted by Crippen LogP contribution is 2.19. The predicted molar refractivity (Wildman–Crippen MR) is 48.4 cm³/mol. The van der Waals surface area contributed by atoms with Gasteiger partial charge in [-0.25, -0.2) is 4.99 Å². The van der Waals surface area contributed by atoms with Crippen molar-refractivity contribution in [3.05, 3.63) is 0 Å². The SMILES string of the molecule is C[C@H](O)CCC1=NC(C)(C)CO1. The average molecular weight is 171 g/mol. The number of rotatable bonds is 3. The molecular formula is C9H17NO2. The molecule has 0 saturated heterocycles. The summed E-state index contributed by atoms with van der Waals surface area (Å²) in [4.78, 5) is 4.38. The van der Waals surface area contributed by atoms with E-state index in [-0.39, 0.29) is 11.6 Å². The molecule has 0 aromatic heterocycles. The molecule has 0 amide bonds. The highest BCUT2D eigenvalue weighted by atomic mass is 16.5. The Labute approximate surface area is 73.5 Å². The van der Waals surface area contributed by atoms with Crippen LogP contribution < -0.4 is 0 Å². The zero-order valence-electron chi connectivity index (χ0n) is 8.00. The first-order chi connectivity index (χ1) is 5.49. The number of aliphatic hydroxyl groups excluding tert-OH is 1. The van der Waals surface area contributed by atoms with Gasteiger partial charge in [0.25, 0.3) is 0 Å². The summed E-state index contributed by atoms with van der Waals surface area (Å²) in [5.74, 6) is 0.793. The molecule has 0 aromatic carbocycles. The van der Waals surface area contributed by atoms with Crippen LogP contribution in [0.25, 0.3) is 0 Å². The van der Waals surface area contributed by atoms with Crippen molar-refractivity contribution in [2.24, 2.45) is 4.99 Å². The van der Waals surface area contributed by atoms with Gasteiger partial charge in [0.1, 0.15) is 6.61 Å². The maximum absolute atomic E-state index is 9.03. The number of hydrogen-bond donors (Lipinski definition) is 1. The summed E-state index contributed by atoms with van der Waals surface area (Å²) in [5.41, 5.74) is -0.0615. The molecule has 1 heterocycles. The van der Waals surface area contributed by atoms with Gasteiger partial charge in [0.2, 0.25) is 0 Å². The summed E-state index contributed by atoms with van der Waals surface area (Å²) in [7, 11) is 0. The van der Waals surface area contributed by atoms with Gasteiger partial charge in [-0.15, -0.1) is 0 Å². The largest absolute Gasteiger partial charge is 0.478 e. The molecule has 0 aliphatic carbocycles. The molecule has 0 fully saturated rings. The Bertz CT molecular complexity index is 185. The summed E-state index contributed by atoms with van der Waals surface area (Å²) in [6.45, 7) is 6.54. The van der Waals surface area contributed by atoms with Crippen molar-refractivity contribution in [2.75, 3.05) is 6.61 Å². The van der Waals surface area contributed by atoms with Crippen LogP contribution in [0.2, 0.25) is 0 Å². The first-order valence-electron chi connectivity index (χ1n) is 4.39. The van der Waals surface area contributed by atoms with E-state index >= 15 is 0 Å². The standard InChI is InChI=1S/C9H17NO2/c1-7(11)4-5-8-10-9(2,3)6-12-8/h7,11H,4-6H2,1-3H3/t7-/m0/s1. The molecule has 3 heteroatoms. The van der Waals surface area contributed by atoms with Gasteiger partial charge in [0.05, 0.1) is 11.6 Å². The fourth-order valence-corrected chi connectivity index (χ4v) is 1.12. The second-order valence-electron chi connectivity index (χ2n) is 3.99. The molecule has 0 saturated carbocycles. The lowest BCUT2D eigenvalue weighted by Crippen LogP contribution is -2.17. The van der Waals surface area contributed by atoms with Gasteiger partial charge in [0, 0.05) is 6.42 Å². The van der Waals surface area contributed by atoms with Crippen LogP contribution in [0.4, 0.5) is 0 Å². The first kappa shape index (κ1) is 9.52. The smallest absolute Gasteiger partial charge is 0.184 e. The zero-order chi connectivity index (χ0) is 9.19. The highest BCUT2D eigenvalue weighted by Gasteiger charge is 2.25. The molecule has 1 atom stereocenters. The molecule has 70 valence electrons. The van der Waals surface area contributed by atoms with E-state index in [1.807, 2.05) is 13.8 Å². The number of aliphatic hydroxyl groups is 1. The molecule has 1 N–H and O–H groups in total. The Kier molecular flexibility index (Phi) is 2.73. The van der Waals surface area contributed by atoms with Crippen molar-refractivity contribution in [2.45, 2.75) is 45.3 Å². The first-order valence-corrected chi connectivity index (χ1v) is 4.39. The molecule has 0 bridgehead atoms. The van der Waals surface area contributed by atoms with Crippen LogP contribution in [-0.4, -0.2) is 29.3 Å². The van der Waals surface area contributed by atoms with E-state index in [0.717, 1.165) is 18.7 Å². The van der Waals surface area contributed by atoms with Gasteiger partial charge in [-0.05, 0) is 27.2 Å². The van der Waals surface area contributed by atoms with Crippen LogP contribution in [0.5, 0.6) is 0 Å². The number of nitrogens with zero attached hydrogens (tertiary/aromatic N) is 1. The molecule has 1 rings (SSSR count). The summed E-state index contributed by atoms with van der Waals surface area (Å²) in [5, 5.41) is 9.03. The van der Waals surface area contributed by atoms with E-state index in [1.54, 1.807) is 6.92 Å². The molecule has 1 aliphatic heterocycles. The summed E-state index contributed by atoms with van der Waals surface area (Å²) >= 11 is 0. The second kappa shape index (κ2) is 3.44. The quantitative estimate of drug-likeness (QED) is 0.696. The van der Waals surface area contributed by atoms with Gasteiger partial charge in [-0.3, -0.25) is 0 Å². The average Bonchev–Trinajstić information content (AvgIpc) is 2.26. The zero-order valence-corrected chi connectivity index (χ0v) is 8.00. The van der Waals surface area contributed by atoms with Gasteiger partial charge < -0.3 is 9.84 Å². The van der Waals surface area contributed by atoms with Crippen LogP contribution in [0.1, 0.15) is 33.6 Å². The van der Waals surface area contributed by atoms with Gasteiger partial charge in [-0.2, -0.15) is 0 Å². The van der Waals surface area contributed by atoms with Crippen molar-refractivity contribution in [3.63, 3.8) is 0 Å². The fourth-order valence-electron chi connectivity index (χ4n) is 1.12. The third kappa shape index (κ3) is 2.81. The Balaban J connectivity index is 2.35. The maximum atomic E-state index is 9.03. The van der Waals surface area contributed by atoms with E-state index in [1.165, 1.54) is 0 Å². The number of hydrogen-bond acceptors (Lipinski definition) is 3. The van der Waals surface area contributed by atoms with Crippen LogP contribution in [-0.2, 0) is 4.74 Å².